The number of benzene rings is 2. The van der Waals surface area contributed by atoms with Crippen molar-refractivity contribution in [3.8, 4) is 5.75 Å². The Labute approximate surface area is 180 Å². The number of carboxylic acid groups (broad SMARTS) is 1. The van der Waals surface area contributed by atoms with Crippen molar-refractivity contribution in [2.24, 2.45) is 0 Å². The first kappa shape index (κ1) is 21.4. The lowest BCUT2D eigenvalue weighted by atomic mass is 10.0. The fourth-order valence-electron chi connectivity index (χ4n) is 2.77. The lowest BCUT2D eigenvalue weighted by molar-refractivity contribution is -0.122. The smallest absolute Gasteiger partial charge is 0.339 e. The molecule has 0 aliphatic carbocycles. The number of carboxylic acids is 1. The van der Waals surface area contributed by atoms with Gasteiger partial charge in [0.2, 0.25) is 0 Å². The quantitative estimate of drug-likeness (QED) is 0.531. The van der Waals surface area contributed by atoms with E-state index >= 15 is 0 Å². The zero-order valence-corrected chi connectivity index (χ0v) is 17.0. The SMILES string of the molecule is CCOc1ccc(/C=C2\C(=O)NC(=O)N(c3ccc(Cl)c(Cl)c3)C2=O)cc1C(=O)O. The number of urea groups is 1. The van der Waals surface area contributed by atoms with Crippen LogP contribution >= 0.6 is 23.2 Å². The van der Waals surface area contributed by atoms with Crippen LogP contribution in [0.25, 0.3) is 6.08 Å². The van der Waals surface area contributed by atoms with Gasteiger partial charge in [-0.05, 0) is 48.9 Å². The highest BCUT2D eigenvalue weighted by Gasteiger charge is 2.37. The normalized spacial score (nSPS) is 15.4. The number of amides is 4. The van der Waals surface area contributed by atoms with E-state index in [1.165, 1.54) is 42.5 Å². The van der Waals surface area contributed by atoms with Crippen molar-refractivity contribution in [1.82, 2.24) is 5.32 Å². The third-order valence-corrected chi connectivity index (χ3v) is 4.85. The average molecular weight is 449 g/mol. The number of nitrogens with zero attached hydrogens (tertiary/aromatic N) is 1. The summed E-state index contributed by atoms with van der Waals surface area (Å²) in [5.74, 6) is -2.88. The molecule has 3 rings (SSSR count). The van der Waals surface area contributed by atoms with Crippen molar-refractivity contribution in [3.63, 3.8) is 0 Å². The predicted molar refractivity (Wildman–Crippen MR) is 110 cm³/mol. The number of halogens is 2. The molecule has 0 aromatic heterocycles. The molecule has 8 nitrogen and oxygen atoms in total. The highest BCUT2D eigenvalue weighted by atomic mass is 35.5. The number of anilines is 1. The molecule has 30 heavy (non-hydrogen) atoms. The molecule has 1 fully saturated rings. The number of carbonyl (C=O) groups excluding carboxylic acids is 3. The molecule has 4 amide bonds. The molecule has 2 N–H and O–H groups in total. The molecule has 2 aromatic carbocycles. The number of carbonyl (C=O) groups is 4. The molecule has 1 aliphatic rings. The largest absolute Gasteiger partial charge is 0.493 e. The Morgan fingerprint density at radius 1 is 1.13 bits per heavy atom. The molecule has 1 saturated heterocycles. The summed E-state index contributed by atoms with van der Waals surface area (Å²) in [6.07, 6.45) is 1.19. The molecular weight excluding hydrogens is 435 g/mol. The number of hydrogen-bond donors (Lipinski definition) is 2. The highest BCUT2D eigenvalue weighted by Crippen LogP contribution is 2.30. The molecule has 1 heterocycles. The summed E-state index contributed by atoms with van der Waals surface area (Å²) >= 11 is 11.8. The van der Waals surface area contributed by atoms with E-state index in [1.54, 1.807) is 6.92 Å². The minimum Gasteiger partial charge on any atom is -0.493 e. The third kappa shape index (κ3) is 4.14. The van der Waals surface area contributed by atoms with E-state index in [0.717, 1.165) is 4.90 Å². The number of hydrogen-bond acceptors (Lipinski definition) is 5. The van der Waals surface area contributed by atoms with Crippen molar-refractivity contribution in [2.45, 2.75) is 6.92 Å². The van der Waals surface area contributed by atoms with Crippen LogP contribution in [0.15, 0.2) is 42.0 Å². The Kier molecular flexibility index (Phi) is 6.09. The predicted octanol–water partition coefficient (Wildman–Crippen LogP) is 3.76. The number of rotatable bonds is 5. The number of nitrogens with one attached hydrogen (secondary N) is 1. The van der Waals surface area contributed by atoms with E-state index < -0.39 is 23.8 Å². The zero-order chi connectivity index (χ0) is 22.0. The van der Waals surface area contributed by atoms with Gasteiger partial charge in [0.15, 0.2) is 0 Å². The first-order valence-corrected chi connectivity index (χ1v) is 9.35. The molecule has 2 aromatic rings. The maximum atomic E-state index is 12.9. The lowest BCUT2D eigenvalue weighted by Gasteiger charge is -2.26. The molecule has 0 atom stereocenters. The van der Waals surface area contributed by atoms with Gasteiger partial charge >= 0.3 is 12.0 Å². The van der Waals surface area contributed by atoms with Gasteiger partial charge in [-0.3, -0.25) is 14.9 Å². The summed E-state index contributed by atoms with van der Waals surface area (Å²) < 4.78 is 5.27. The van der Waals surface area contributed by atoms with E-state index in [2.05, 4.69) is 5.32 Å². The monoisotopic (exact) mass is 448 g/mol. The van der Waals surface area contributed by atoms with Crippen LogP contribution in [-0.4, -0.2) is 35.5 Å². The van der Waals surface area contributed by atoms with Crippen LogP contribution in [0, 0.1) is 0 Å². The summed E-state index contributed by atoms with van der Waals surface area (Å²) in [4.78, 5) is 49.6. The van der Waals surface area contributed by atoms with Crippen molar-refractivity contribution in [3.05, 3.63) is 63.1 Å². The summed E-state index contributed by atoms with van der Waals surface area (Å²) in [6.45, 7) is 1.98. The van der Waals surface area contributed by atoms with E-state index in [0.29, 0.717) is 0 Å². The Bertz CT molecular complexity index is 1110. The minimum atomic E-state index is -1.23. The highest BCUT2D eigenvalue weighted by molar-refractivity contribution is 6.43. The van der Waals surface area contributed by atoms with Crippen LogP contribution in [0.4, 0.5) is 10.5 Å². The standard InChI is InChI=1S/C20H14Cl2N2O6/c1-2-30-16-6-3-10(7-12(16)19(27)28)8-13-17(25)23-20(29)24(18(13)26)11-4-5-14(21)15(22)9-11/h3-9H,2H2,1H3,(H,27,28)(H,23,25,29)/b13-8+. The second-order valence-corrected chi connectivity index (χ2v) is 6.86. The maximum Gasteiger partial charge on any atom is 0.339 e. The van der Waals surface area contributed by atoms with Crippen LogP contribution in [0.1, 0.15) is 22.8 Å². The summed E-state index contributed by atoms with van der Waals surface area (Å²) in [6, 6.07) is 7.36. The van der Waals surface area contributed by atoms with E-state index in [9.17, 15) is 24.3 Å². The van der Waals surface area contributed by atoms with Gasteiger partial charge in [0.05, 0.1) is 22.3 Å². The van der Waals surface area contributed by atoms with Gasteiger partial charge in [-0.25, -0.2) is 14.5 Å². The molecule has 154 valence electrons. The van der Waals surface area contributed by atoms with E-state index in [-0.39, 0.29) is 44.8 Å². The van der Waals surface area contributed by atoms with Crippen LogP contribution in [0.3, 0.4) is 0 Å². The lowest BCUT2D eigenvalue weighted by Crippen LogP contribution is -2.54. The van der Waals surface area contributed by atoms with Gasteiger partial charge in [0, 0.05) is 0 Å². The molecule has 0 radical (unpaired) electrons. The summed E-state index contributed by atoms with van der Waals surface area (Å²) in [5, 5.41) is 11.8. The topological polar surface area (TPSA) is 113 Å². The van der Waals surface area contributed by atoms with Crippen molar-refractivity contribution >= 4 is 58.8 Å². The molecule has 0 saturated carbocycles. The van der Waals surface area contributed by atoms with Crippen LogP contribution in [0.5, 0.6) is 5.75 Å². The van der Waals surface area contributed by atoms with E-state index in [1.807, 2.05) is 0 Å². The first-order valence-electron chi connectivity index (χ1n) is 8.59. The van der Waals surface area contributed by atoms with Crippen LogP contribution < -0.4 is 15.0 Å². The van der Waals surface area contributed by atoms with Gasteiger partial charge in [0.25, 0.3) is 11.8 Å². The molecule has 0 bridgehead atoms. The number of aromatic carboxylic acids is 1. The molecular formula is C20H14Cl2N2O6. The zero-order valence-electron chi connectivity index (χ0n) is 15.4. The number of barbiturate groups is 1. The van der Waals surface area contributed by atoms with Crippen LogP contribution in [-0.2, 0) is 9.59 Å². The van der Waals surface area contributed by atoms with Gasteiger partial charge in [0.1, 0.15) is 16.9 Å². The Morgan fingerprint density at radius 3 is 2.50 bits per heavy atom. The van der Waals surface area contributed by atoms with Crippen molar-refractivity contribution in [1.29, 1.82) is 0 Å². The van der Waals surface area contributed by atoms with Crippen molar-refractivity contribution < 1.29 is 29.0 Å². The van der Waals surface area contributed by atoms with E-state index in [4.69, 9.17) is 27.9 Å². The Hall–Kier alpha value is -3.36. The van der Waals surface area contributed by atoms with Crippen LogP contribution in [0.2, 0.25) is 10.0 Å². The second-order valence-electron chi connectivity index (χ2n) is 6.05. The Morgan fingerprint density at radius 2 is 1.87 bits per heavy atom. The third-order valence-electron chi connectivity index (χ3n) is 4.11. The second kappa shape index (κ2) is 8.56. The van der Waals surface area contributed by atoms with Gasteiger partial charge in [-0.2, -0.15) is 0 Å². The molecule has 1 aliphatic heterocycles. The molecule has 0 unspecified atom stereocenters. The Balaban J connectivity index is 2.03. The minimum absolute atomic E-state index is 0.114. The summed E-state index contributed by atoms with van der Waals surface area (Å²) in [7, 11) is 0. The van der Waals surface area contributed by atoms with Gasteiger partial charge in [-0.15, -0.1) is 0 Å². The van der Waals surface area contributed by atoms with Crippen molar-refractivity contribution in [2.75, 3.05) is 11.5 Å². The van der Waals surface area contributed by atoms with Gasteiger partial charge < -0.3 is 9.84 Å². The molecule has 10 heteroatoms. The summed E-state index contributed by atoms with van der Waals surface area (Å²) in [5.41, 5.74) is -0.116. The number of imide groups is 2. The van der Waals surface area contributed by atoms with Gasteiger partial charge in [-0.1, -0.05) is 29.3 Å². The first-order chi connectivity index (χ1) is 14.2. The number of ether oxygens (including phenoxy) is 1. The molecule has 0 spiro atoms. The fourth-order valence-corrected chi connectivity index (χ4v) is 3.06. The fraction of sp³-hybridized carbons (Fsp3) is 0.100. The maximum absolute atomic E-state index is 12.9. The average Bonchev–Trinajstić information content (AvgIpc) is 2.68.